The second-order valence-corrected chi connectivity index (χ2v) is 9.77. The zero-order chi connectivity index (χ0) is 21.4. The van der Waals surface area contributed by atoms with Crippen LogP contribution in [0.15, 0.2) is 55.0 Å². The molecule has 0 bridgehead atoms. The molecule has 29 heavy (non-hydrogen) atoms. The Kier molecular flexibility index (Phi) is 5.59. The summed E-state index contributed by atoms with van der Waals surface area (Å²) in [5, 5.41) is 3.74. The highest BCUT2D eigenvalue weighted by Gasteiger charge is 2.21. The highest BCUT2D eigenvalue weighted by Crippen LogP contribution is 2.31. The van der Waals surface area contributed by atoms with Crippen LogP contribution in [0.4, 0.5) is 0 Å². The van der Waals surface area contributed by atoms with Crippen molar-refractivity contribution in [1.29, 1.82) is 0 Å². The Hall–Kier alpha value is -2.59. The second-order valence-electron chi connectivity index (χ2n) is 9.33. The number of nitrogens with one attached hydrogen (secondary N) is 1. The number of benzene rings is 2. The molecule has 1 amide bonds. The van der Waals surface area contributed by atoms with E-state index in [4.69, 9.17) is 11.6 Å². The van der Waals surface area contributed by atoms with Crippen LogP contribution in [0.5, 0.6) is 0 Å². The minimum atomic E-state index is -0.319. The molecule has 0 radical (unpaired) electrons. The molecular weight excluding hydrogens is 382 g/mol. The van der Waals surface area contributed by atoms with Gasteiger partial charge in [-0.25, -0.2) is 4.98 Å². The first-order valence-corrected chi connectivity index (χ1v) is 10.1. The number of amides is 1. The van der Waals surface area contributed by atoms with Crippen molar-refractivity contribution in [3.05, 3.63) is 65.6 Å². The van der Waals surface area contributed by atoms with Gasteiger partial charge in [0.25, 0.3) is 5.91 Å². The molecule has 3 aromatic rings. The molecule has 0 atom stereocenters. The molecule has 0 aliphatic rings. The summed E-state index contributed by atoms with van der Waals surface area (Å²) in [6.07, 6.45) is 3.68. The summed E-state index contributed by atoms with van der Waals surface area (Å²) < 4.78 is 2.12. The predicted octanol–water partition coefficient (Wildman–Crippen LogP) is 6.15. The van der Waals surface area contributed by atoms with Gasteiger partial charge in [0.05, 0.1) is 18.2 Å². The summed E-state index contributed by atoms with van der Waals surface area (Å²) >= 11 is 6.06. The third kappa shape index (κ3) is 5.07. The van der Waals surface area contributed by atoms with Gasteiger partial charge in [0.1, 0.15) is 0 Å². The van der Waals surface area contributed by atoms with Gasteiger partial charge in [0.15, 0.2) is 0 Å². The molecule has 4 nitrogen and oxygen atoms in total. The van der Waals surface area contributed by atoms with Gasteiger partial charge >= 0.3 is 0 Å². The van der Waals surface area contributed by atoms with E-state index in [0.717, 1.165) is 22.4 Å². The molecule has 1 N–H and O–H groups in total. The van der Waals surface area contributed by atoms with Crippen LogP contribution in [-0.2, 0) is 5.54 Å². The molecule has 5 heteroatoms. The third-order valence-electron chi connectivity index (χ3n) is 4.52. The third-order valence-corrected chi connectivity index (χ3v) is 4.77. The lowest BCUT2D eigenvalue weighted by molar-refractivity contribution is 0.0919. The highest BCUT2D eigenvalue weighted by molar-refractivity contribution is 6.30. The molecule has 0 spiro atoms. The van der Waals surface area contributed by atoms with Crippen molar-refractivity contribution >= 4 is 17.5 Å². The van der Waals surface area contributed by atoms with E-state index >= 15 is 0 Å². The summed E-state index contributed by atoms with van der Waals surface area (Å²) in [5.41, 5.74) is 4.05. The second kappa shape index (κ2) is 7.68. The van der Waals surface area contributed by atoms with Crippen molar-refractivity contribution in [2.45, 2.75) is 52.6 Å². The number of imidazole rings is 1. The number of aromatic nitrogens is 2. The van der Waals surface area contributed by atoms with Gasteiger partial charge in [-0.1, -0.05) is 23.7 Å². The molecule has 2 aromatic carbocycles. The lowest BCUT2D eigenvalue weighted by Crippen LogP contribution is -2.40. The largest absolute Gasteiger partial charge is 0.347 e. The molecule has 0 fully saturated rings. The number of hydrogen-bond donors (Lipinski definition) is 1. The maximum absolute atomic E-state index is 12.9. The molecule has 0 aliphatic carbocycles. The van der Waals surface area contributed by atoms with Crippen molar-refractivity contribution in [1.82, 2.24) is 14.9 Å². The number of carbonyl (C=O) groups is 1. The summed E-state index contributed by atoms with van der Waals surface area (Å²) in [6.45, 7) is 12.3. The number of rotatable bonds is 3. The van der Waals surface area contributed by atoms with Crippen molar-refractivity contribution < 1.29 is 4.79 Å². The molecule has 1 heterocycles. The van der Waals surface area contributed by atoms with E-state index in [-0.39, 0.29) is 17.0 Å². The number of carbonyl (C=O) groups excluding carboxylic acids is 1. The van der Waals surface area contributed by atoms with Crippen LogP contribution in [0.25, 0.3) is 22.4 Å². The van der Waals surface area contributed by atoms with Crippen LogP contribution >= 0.6 is 11.6 Å². The van der Waals surface area contributed by atoms with Crippen molar-refractivity contribution in [2.75, 3.05) is 0 Å². The fourth-order valence-corrected chi connectivity index (χ4v) is 3.30. The van der Waals surface area contributed by atoms with Crippen molar-refractivity contribution in [3.8, 4) is 22.4 Å². The zero-order valence-corrected chi connectivity index (χ0v) is 18.6. The SMILES string of the molecule is CC(C)(C)NC(=O)c1cc(-c2ccc(Cl)cc2)cc(-c2cncn2C(C)(C)C)c1. The van der Waals surface area contributed by atoms with Crippen LogP contribution in [0.2, 0.25) is 5.02 Å². The maximum Gasteiger partial charge on any atom is 0.251 e. The summed E-state index contributed by atoms with van der Waals surface area (Å²) in [6, 6.07) is 13.6. The molecule has 3 rings (SSSR count). The monoisotopic (exact) mass is 409 g/mol. The summed E-state index contributed by atoms with van der Waals surface area (Å²) in [7, 11) is 0. The fraction of sp³-hybridized carbons (Fsp3) is 0.333. The van der Waals surface area contributed by atoms with Gasteiger partial charge < -0.3 is 9.88 Å². The summed E-state index contributed by atoms with van der Waals surface area (Å²) in [4.78, 5) is 17.3. The minimum Gasteiger partial charge on any atom is -0.347 e. The molecular formula is C24H28ClN3O. The number of hydrogen-bond acceptors (Lipinski definition) is 2. The zero-order valence-electron chi connectivity index (χ0n) is 17.9. The number of nitrogens with zero attached hydrogens (tertiary/aromatic N) is 2. The van der Waals surface area contributed by atoms with Gasteiger partial charge in [-0.3, -0.25) is 4.79 Å². The van der Waals surface area contributed by atoms with Gasteiger partial charge in [0.2, 0.25) is 0 Å². The van der Waals surface area contributed by atoms with Crippen molar-refractivity contribution in [2.24, 2.45) is 0 Å². The Morgan fingerprint density at radius 3 is 2.14 bits per heavy atom. The van der Waals surface area contributed by atoms with E-state index in [9.17, 15) is 4.79 Å². The normalized spacial score (nSPS) is 12.1. The molecule has 1 aromatic heterocycles. The van der Waals surface area contributed by atoms with E-state index < -0.39 is 0 Å². The highest BCUT2D eigenvalue weighted by atomic mass is 35.5. The molecule has 0 unspecified atom stereocenters. The summed E-state index contributed by atoms with van der Waals surface area (Å²) in [5.74, 6) is -0.101. The smallest absolute Gasteiger partial charge is 0.251 e. The van der Waals surface area contributed by atoms with E-state index in [0.29, 0.717) is 10.6 Å². The van der Waals surface area contributed by atoms with Gasteiger partial charge in [-0.05, 0) is 83.0 Å². The minimum absolute atomic E-state index is 0.101. The molecule has 0 aliphatic heterocycles. The molecule has 0 saturated heterocycles. The van der Waals surface area contributed by atoms with E-state index in [1.807, 2.05) is 69.7 Å². The quantitative estimate of drug-likeness (QED) is 0.563. The molecule has 0 saturated carbocycles. The van der Waals surface area contributed by atoms with Gasteiger partial charge in [0, 0.05) is 27.2 Å². The Labute approximate surface area is 177 Å². The first-order valence-electron chi connectivity index (χ1n) is 9.71. The fourth-order valence-electron chi connectivity index (χ4n) is 3.17. The van der Waals surface area contributed by atoms with Crippen LogP contribution in [0.3, 0.4) is 0 Å². The average Bonchev–Trinajstić information content (AvgIpc) is 3.11. The first kappa shape index (κ1) is 21.1. The lowest BCUT2D eigenvalue weighted by atomic mass is 9.97. The van der Waals surface area contributed by atoms with Crippen LogP contribution in [0.1, 0.15) is 51.9 Å². The van der Waals surface area contributed by atoms with Gasteiger partial charge in [-0.15, -0.1) is 0 Å². The first-order chi connectivity index (χ1) is 13.4. The van der Waals surface area contributed by atoms with Crippen LogP contribution in [0, 0.1) is 0 Å². The van der Waals surface area contributed by atoms with E-state index in [2.05, 4.69) is 41.7 Å². The van der Waals surface area contributed by atoms with Crippen LogP contribution < -0.4 is 5.32 Å². The molecule has 152 valence electrons. The predicted molar refractivity (Wildman–Crippen MR) is 120 cm³/mol. The number of halogens is 1. The lowest BCUT2D eigenvalue weighted by Gasteiger charge is -2.24. The average molecular weight is 410 g/mol. The van der Waals surface area contributed by atoms with E-state index in [1.54, 1.807) is 0 Å². The Bertz CT molecular complexity index is 1020. The van der Waals surface area contributed by atoms with Gasteiger partial charge in [-0.2, -0.15) is 0 Å². The van der Waals surface area contributed by atoms with E-state index in [1.165, 1.54) is 0 Å². The van der Waals surface area contributed by atoms with Crippen LogP contribution in [-0.4, -0.2) is 21.0 Å². The standard InChI is InChI=1S/C24H28ClN3O/c1-23(2,3)27-22(29)19-12-17(16-7-9-20(25)10-8-16)11-18(13-19)21-14-26-15-28(21)24(4,5)6/h7-15H,1-6H3,(H,27,29). The van der Waals surface area contributed by atoms with Crippen molar-refractivity contribution in [3.63, 3.8) is 0 Å². The Morgan fingerprint density at radius 2 is 1.55 bits per heavy atom. The topological polar surface area (TPSA) is 46.9 Å². The Morgan fingerprint density at radius 1 is 0.931 bits per heavy atom. The maximum atomic E-state index is 12.9. The Balaban J connectivity index is 2.17.